The maximum atomic E-state index is 12.0. The predicted octanol–water partition coefficient (Wildman–Crippen LogP) is 3.09. The van der Waals surface area contributed by atoms with Gasteiger partial charge in [0.05, 0.1) is 22.6 Å². The van der Waals surface area contributed by atoms with Crippen LogP contribution in [0.3, 0.4) is 0 Å². The molecule has 0 saturated heterocycles. The van der Waals surface area contributed by atoms with E-state index in [9.17, 15) is 9.59 Å². The first-order valence-corrected chi connectivity index (χ1v) is 8.49. The van der Waals surface area contributed by atoms with Gasteiger partial charge in [0, 0.05) is 0 Å². The maximum absolute atomic E-state index is 12.0. The summed E-state index contributed by atoms with van der Waals surface area (Å²) in [6.07, 6.45) is 0. The topological polar surface area (TPSA) is 71.1 Å². The summed E-state index contributed by atoms with van der Waals surface area (Å²) in [4.78, 5) is 24.9. The number of hydrogen-bond donors (Lipinski definition) is 0. The first-order valence-electron chi connectivity index (χ1n) is 6.86. The molecule has 22 heavy (non-hydrogen) atoms. The van der Waals surface area contributed by atoms with E-state index in [1.54, 1.807) is 13.8 Å². The molecule has 0 spiro atoms. The third kappa shape index (κ3) is 2.42. The van der Waals surface area contributed by atoms with Crippen molar-refractivity contribution < 1.29 is 28.5 Å². The molecule has 6 nitrogen and oxygen atoms in total. The van der Waals surface area contributed by atoms with Gasteiger partial charge in [-0.15, -0.1) is 22.7 Å². The lowest BCUT2D eigenvalue weighted by Gasteiger charge is -2.04. The molecular weight excluding hydrogens is 328 g/mol. The number of esters is 2. The minimum Gasteiger partial charge on any atom is -0.487 e. The van der Waals surface area contributed by atoms with Crippen LogP contribution >= 0.6 is 22.7 Å². The third-order valence-electron chi connectivity index (χ3n) is 2.96. The first-order chi connectivity index (χ1) is 10.7. The largest absolute Gasteiger partial charge is 0.487 e. The second-order valence-corrected chi connectivity index (χ2v) is 6.62. The van der Waals surface area contributed by atoms with Gasteiger partial charge in [-0.3, -0.25) is 0 Å². The fourth-order valence-corrected chi connectivity index (χ4v) is 4.55. The molecule has 0 atom stereocenters. The van der Waals surface area contributed by atoms with Crippen LogP contribution in [0.15, 0.2) is 0 Å². The highest BCUT2D eigenvalue weighted by Crippen LogP contribution is 2.51. The summed E-state index contributed by atoms with van der Waals surface area (Å²) in [6, 6.07) is 0. The van der Waals surface area contributed by atoms with Gasteiger partial charge >= 0.3 is 11.9 Å². The Morgan fingerprint density at radius 1 is 0.955 bits per heavy atom. The Bertz CT molecular complexity index is 672. The van der Waals surface area contributed by atoms with E-state index in [4.69, 9.17) is 18.9 Å². The van der Waals surface area contributed by atoms with Crippen LogP contribution < -0.4 is 9.47 Å². The quantitative estimate of drug-likeness (QED) is 0.795. The SMILES string of the molecule is CCOC(=O)c1sc2sc(C(=O)OCC)c3c2c1OCCO3. The molecular formula is C14H14O6S2. The predicted molar refractivity (Wildman–Crippen MR) is 82.6 cm³/mol. The Labute approximate surface area is 134 Å². The van der Waals surface area contributed by atoms with E-state index >= 15 is 0 Å². The van der Waals surface area contributed by atoms with Gasteiger partial charge < -0.3 is 18.9 Å². The Hall–Kier alpha value is -1.80. The maximum Gasteiger partial charge on any atom is 0.352 e. The zero-order chi connectivity index (χ0) is 15.7. The number of carbonyl (C=O) groups excluding carboxylic acids is 2. The summed E-state index contributed by atoms with van der Waals surface area (Å²) >= 11 is 2.49. The lowest BCUT2D eigenvalue weighted by atomic mass is 10.2. The molecule has 0 saturated carbocycles. The van der Waals surface area contributed by atoms with Crippen molar-refractivity contribution >= 4 is 44.0 Å². The first kappa shape index (κ1) is 15.1. The van der Waals surface area contributed by atoms with Crippen LogP contribution in [-0.2, 0) is 9.47 Å². The molecule has 1 aliphatic rings. The molecule has 0 fully saturated rings. The summed E-state index contributed by atoms with van der Waals surface area (Å²) in [5.74, 6) is 0.0448. The standard InChI is InChI=1S/C14H14O6S2/c1-3-17-12(15)10-8-7-9(20-6-5-19-8)11(13(16)18-4-2)22-14(7)21-10/h3-6H2,1-2H3. The average Bonchev–Trinajstić information content (AvgIpc) is 2.92. The smallest absolute Gasteiger partial charge is 0.352 e. The van der Waals surface area contributed by atoms with Crippen LogP contribution in [0.1, 0.15) is 33.2 Å². The van der Waals surface area contributed by atoms with Crippen LogP contribution in [0.25, 0.3) is 9.40 Å². The van der Waals surface area contributed by atoms with E-state index in [-0.39, 0.29) is 0 Å². The van der Waals surface area contributed by atoms with Gasteiger partial charge in [-0.1, -0.05) is 0 Å². The van der Waals surface area contributed by atoms with Crippen molar-refractivity contribution in [2.45, 2.75) is 13.8 Å². The van der Waals surface area contributed by atoms with Gasteiger partial charge in [0.1, 0.15) is 13.2 Å². The number of rotatable bonds is 4. The minimum absolute atomic E-state index is 0.293. The Morgan fingerprint density at radius 2 is 1.41 bits per heavy atom. The van der Waals surface area contributed by atoms with E-state index in [1.165, 1.54) is 22.7 Å². The highest BCUT2D eigenvalue weighted by Gasteiger charge is 2.32. The van der Waals surface area contributed by atoms with Crippen LogP contribution in [0.4, 0.5) is 0 Å². The zero-order valence-corrected chi connectivity index (χ0v) is 13.7. The minimum atomic E-state index is -0.420. The van der Waals surface area contributed by atoms with Crippen molar-refractivity contribution in [3.05, 3.63) is 9.75 Å². The van der Waals surface area contributed by atoms with Crippen molar-refractivity contribution in [1.29, 1.82) is 0 Å². The van der Waals surface area contributed by atoms with Crippen LogP contribution in [-0.4, -0.2) is 38.4 Å². The van der Waals surface area contributed by atoms with Crippen molar-refractivity contribution in [2.75, 3.05) is 26.4 Å². The normalized spacial score (nSPS) is 13.2. The zero-order valence-electron chi connectivity index (χ0n) is 12.1. The molecule has 3 rings (SSSR count). The van der Waals surface area contributed by atoms with Crippen LogP contribution in [0.2, 0.25) is 0 Å². The second kappa shape index (κ2) is 6.13. The fraction of sp³-hybridized carbons (Fsp3) is 0.429. The molecule has 0 unspecified atom stereocenters. The monoisotopic (exact) mass is 342 g/mol. The van der Waals surface area contributed by atoms with Gasteiger partial charge in [0.25, 0.3) is 0 Å². The molecule has 118 valence electrons. The van der Waals surface area contributed by atoms with Gasteiger partial charge in [0.15, 0.2) is 21.3 Å². The summed E-state index contributed by atoms with van der Waals surface area (Å²) in [5, 5.41) is 0.665. The third-order valence-corrected chi connectivity index (χ3v) is 5.35. The van der Waals surface area contributed by atoms with E-state index in [0.717, 1.165) is 4.01 Å². The van der Waals surface area contributed by atoms with Crippen LogP contribution in [0.5, 0.6) is 11.5 Å². The van der Waals surface area contributed by atoms with E-state index < -0.39 is 11.9 Å². The number of carbonyl (C=O) groups is 2. The van der Waals surface area contributed by atoms with Crippen molar-refractivity contribution in [3.63, 3.8) is 0 Å². The molecule has 2 aromatic rings. The van der Waals surface area contributed by atoms with Crippen molar-refractivity contribution in [2.24, 2.45) is 0 Å². The highest BCUT2D eigenvalue weighted by atomic mass is 32.2. The molecule has 0 radical (unpaired) electrons. The number of ether oxygens (including phenoxy) is 4. The molecule has 3 heterocycles. The fourth-order valence-electron chi connectivity index (χ4n) is 2.14. The molecule has 0 aliphatic carbocycles. The van der Waals surface area contributed by atoms with E-state index in [2.05, 4.69) is 0 Å². The summed E-state index contributed by atoms with van der Waals surface area (Å²) in [7, 11) is 0. The number of hydrogen-bond acceptors (Lipinski definition) is 8. The van der Waals surface area contributed by atoms with E-state index in [0.29, 0.717) is 53.1 Å². The van der Waals surface area contributed by atoms with Gasteiger partial charge in [-0.25, -0.2) is 9.59 Å². The van der Waals surface area contributed by atoms with Gasteiger partial charge in [-0.05, 0) is 13.8 Å². The Kier molecular flexibility index (Phi) is 4.21. The molecule has 0 N–H and O–H groups in total. The molecule has 0 aromatic carbocycles. The molecule has 2 aromatic heterocycles. The van der Waals surface area contributed by atoms with E-state index in [1.807, 2.05) is 0 Å². The van der Waals surface area contributed by atoms with Crippen molar-refractivity contribution in [3.8, 4) is 11.5 Å². The Morgan fingerprint density at radius 3 is 1.82 bits per heavy atom. The lowest BCUT2D eigenvalue weighted by molar-refractivity contribution is 0.0516. The average molecular weight is 342 g/mol. The van der Waals surface area contributed by atoms with Gasteiger partial charge in [0.2, 0.25) is 0 Å². The van der Waals surface area contributed by atoms with Crippen LogP contribution in [0, 0.1) is 0 Å². The second-order valence-electron chi connectivity index (χ2n) is 4.32. The van der Waals surface area contributed by atoms with Crippen molar-refractivity contribution in [1.82, 2.24) is 0 Å². The molecule has 1 aliphatic heterocycles. The summed E-state index contributed by atoms with van der Waals surface area (Å²) < 4.78 is 22.2. The summed E-state index contributed by atoms with van der Waals surface area (Å²) in [5.41, 5.74) is 0. The Balaban J connectivity index is 2.13. The molecule has 0 bridgehead atoms. The van der Waals surface area contributed by atoms with Gasteiger partial charge in [-0.2, -0.15) is 0 Å². The molecule has 8 heteroatoms. The summed E-state index contributed by atoms with van der Waals surface area (Å²) in [6.45, 7) is 4.70. The number of thiophene rings is 2. The lowest BCUT2D eigenvalue weighted by Crippen LogP contribution is -2.09. The molecule has 0 amide bonds. The highest BCUT2D eigenvalue weighted by molar-refractivity contribution is 7.40.